The van der Waals surface area contributed by atoms with Gasteiger partial charge in [-0.3, -0.25) is 9.36 Å². The van der Waals surface area contributed by atoms with Gasteiger partial charge in [0, 0.05) is 19.5 Å². The van der Waals surface area contributed by atoms with Gasteiger partial charge >= 0.3 is 5.97 Å². The highest BCUT2D eigenvalue weighted by atomic mass is 79.9. The highest BCUT2D eigenvalue weighted by Gasteiger charge is 2.35. The lowest BCUT2D eigenvalue weighted by atomic mass is 9.95. The lowest BCUT2D eigenvalue weighted by molar-refractivity contribution is -0.139. The fourth-order valence-electron chi connectivity index (χ4n) is 4.81. The molecule has 12 heteroatoms. The fraction of sp³-hybridized carbons (Fsp3) is 0.219. The summed E-state index contributed by atoms with van der Waals surface area (Å²) in [6, 6.07) is 15.7. The molecule has 1 aromatic heterocycles. The normalized spacial score (nSPS) is 14.6. The van der Waals surface area contributed by atoms with Crippen molar-refractivity contribution in [3.63, 3.8) is 0 Å². The van der Waals surface area contributed by atoms with Crippen molar-refractivity contribution < 1.29 is 23.7 Å². The maximum atomic E-state index is 14.2. The van der Waals surface area contributed by atoms with Crippen LogP contribution in [0.2, 0.25) is 5.02 Å². The minimum atomic E-state index is -0.853. The molecule has 0 bridgehead atoms. The molecule has 0 N–H and O–H groups in total. The quantitative estimate of drug-likeness (QED) is 0.179. The number of esters is 1. The predicted octanol–water partition coefficient (Wildman–Crippen LogP) is 6.57. The molecule has 0 unspecified atom stereocenters. The van der Waals surface area contributed by atoms with Gasteiger partial charge in [-0.1, -0.05) is 66.9 Å². The van der Waals surface area contributed by atoms with Crippen molar-refractivity contribution in [3.05, 3.63) is 116 Å². The van der Waals surface area contributed by atoms with Crippen LogP contribution in [0.15, 0.2) is 84.6 Å². The maximum Gasteiger partial charge on any atom is 0.338 e. The van der Waals surface area contributed by atoms with Gasteiger partial charge in [-0.05, 0) is 73.5 Å². The number of nitrogens with zero attached hydrogens (tertiary/aromatic N) is 2. The molecule has 0 fully saturated rings. The molecule has 228 valence electrons. The van der Waals surface area contributed by atoms with Crippen LogP contribution in [-0.2, 0) is 16.1 Å². The Morgan fingerprint density at radius 1 is 1.05 bits per heavy atom. The minimum absolute atomic E-state index is 0.164. The van der Waals surface area contributed by atoms with Gasteiger partial charge in [0.05, 0.1) is 42.7 Å². The first-order valence-corrected chi connectivity index (χ1v) is 16.2. The van der Waals surface area contributed by atoms with E-state index < -0.39 is 12.0 Å². The smallest absolute Gasteiger partial charge is 0.338 e. The molecule has 8 nitrogen and oxygen atoms in total. The second-order valence-electron chi connectivity index (χ2n) is 9.63. The summed E-state index contributed by atoms with van der Waals surface area (Å²) < 4.78 is 26.1. The van der Waals surface area contributed by atoms with Crippen molar-refractivity contribution in [1.29, 1.82) is 0 Å². The summed E-state index contributed by atoms with van der Waals surface area (Å²) in [5.74, 6) is 0.932. The third-order valence-corrected chi connectivity index (χ3v) is 9.31. The molecule has 0 saturated carbocycles. The van der Waals surface area contributed by atoms with E-state index in [0.717, 1.165) is 10.0 Å². The van der Waals surface area contributed by atoms with E-state index in [1.807, 2.05) is 24.3 Å². The van der Waals surface area contributed by atoms with Crippen LogP contribution in [0.3, 0.4) is 0 Å². The third-order valence-electron chi connectivity index (χ3n) is 6.88. The average molecular weight is 763 g/mol. The van der Waals surface area contributed by atoms with E-state index in [2.05, 4.69) is 36.9 Å². The molecule has 1 aliphatic heterocycles. The average Bonchev–Trinajstić information content (AvgIpc) is 3.30. The molecule has 3 aromatic carbocycles. The summed E-state index contributed by atoms with van der Waals surface area (Å²) in [4.78, 5) is 32.6. The van der Waals surface area contributed by atoms with Gasteiger partial charge in [-0.2, -0.15) is 0 Å². The van der Waals surface area contributed by atoms with Crippen molar-refractivity contribution >= 4 is 66.8 Å². The molecular weight excluding hydrogens is 736 g/mol. The fourth-order valence-corrected chi connectivity index (χ4v) is 6.83. The summed E-state index contributed by atoms with van der Waals surface area (Å²) in [6.45, 7) is 3.95. The molecule has 2 heterocycles. The number of hydrogen-bond donors (Lipinski definition) is 0. The summed E-state index contributed by atoms with van der Waals surface area (Å²) in [5, 5.41) is 0.493. The maximum absolute atomic E-state index is 14.2. The lowest BCUT2D eigenvalue weighted by Gasteiger charge is -2.26. The number of fused-ring (bicyclic) bond motifs is 1. The molecule has 0 spiro atoms. The highest BCUT2D eigenvalue weighted by molar-refractivity contribution is 9.10. The molecule has 1 aliphatic rings. The number of carbonyl (C=O) groups excluding carboxylic acids is 1. The van der Waals surface area contributed by atoms with Gasteiger partial charge in [0.2, 0.25) is 0 Å². The minimum Gasteiger partial charge on any atom is -0.493 e. The Balaban J connectivity index is 1.66. The molecular formula is C32H27Br2ClN2O6S. The van der Waals surface area contributed by atoms with Gasteiger partial charge < -0.3 is 18.9 Å². The first-order chi connectivity index (χ1) is 21.1. The first-order valence-electron chi connectivity index (χ1n) is 13.4. The van der Waals surface area contributed by atoms with E-state index in [9.17, 15) is 9.59 Å². The second kappa shape index (κ2) is 13.7. The van der Waals surface area contributed by atoms with E-state index in [-0.39, 0.29) is 17.7 Å². The number of ether oxygens (including phenoxy) is 4. The van der Waals surface area contributed by atoms with E-state index in [1.54, 1.807) is 50.3 Å². The van der Waals surface area contributed by atoms with E-state index in [4.69, 9.17) is 30.5 Å². The van der Waals surface area contributed by atoms with Crippen LogP contribution in [0.4, 0.5) is 0 Å². The van der Waals surface area contributed by atoms with Gasteiger partial charge in [0.15, 0.2) is 16.3 Å². The second-order valence-corrected chi connectivity index (χ2v) is 12.8. The summed E-state index contributed by atoms with van der Waals surface area (Å²) in [5.41, 5.74) is 2.58. The number of halogens is 3. The topological polar surface area (TPSA) is 88.4 Å². The zero-order valence-electron chi connectivity index (χ0n) is 24.2. The summed E-state index contributed by atoms with van der Waals surface area (Å²) in [6.07, 6.45) is 1.73. The summed E-state index contributed by atoms with van der Waals surface area (Å²) >= 11 is 14.6. The molecule has 4 aromatic rings. The largest absolute Gasteiger partial charge is 0.493 e. The third kappa shape index (κ3) is 6.51. The highest BCUT2D eigenvalue weighted by Crippen LogP contribution is 2.40. The first kappa shape index (κ1) is 32.0. The number of benzene rings is 3. The van der Waals surface area contributed by atoms with Crippen LogP contribution in [-0.4, -0.2) is 31.4 Å². The van der Waals surface area contributed by atoms with Gasteiger partial charge in [0.25, 0.3) is 5.56 Å². The van der Waals surface area contributed by atoms with Crippen molar-refractivity contribution in [2.24, 2.45) is 4.99 Å². The monoisotopic (exact) mass is 760 g/mol. The number of thiazole rings is 1. The number of carbonyl (C=O) groups is 1. The SMILES string of the molecule is CCOC(=O)C1=C(C)N=c2s/c(=C\c3cc(Cl)ccc3OCc3ccc(Br)cc3)c(=O)n2[C@H]1c1cc(OC)c(OC)cc1Br. The Morgan fingerprint density at radius 3 is 2.43 bits per heavy atom. The van der Waals surface area contributed by atoms with Crippen molar-refractivity contribution in [3.8, 4) is 17.2 Å². The number of methoxy groups -OCH3 is 2. The zero-order valence-corrected chi connectivity index (χ0v) is 28.9. The summed E-state index contributed by atoms with van der Waals surface area (Å²) in [7, 11) is 3.06. The molecule has 5 rings (SSSR count). The number of hydrogen-bond acceptors (Lipinski definition) is 8. The molecule has 1 atom stereocenters. The van der Waals surface area contributed by atoms with Gasteiger partial charge in [-0.25, -0.2) is 9.79 Å². The molecule has 0 amide bonds. The van der Waals surface area contributed by atoms with Crippen LogP contribution >= 0.6 is 54.8 Å². The molecule has 0 radical (unpaired) electrons. The Bertz CT molecular complexity index is 1950. The van der Waals surface area contributed by atoms with Crippen molar-refractivity contribution in [1.82, 2.24) is 4.57 Å². The lowest BCUT2D eigenvalue weighted by Crippen LogP contribution is -2.40. The standard InChI is InChI=1S/C32H27Br2ClN2O6S/c1-5-42-31(39)28-17(2)36-32-37(29(28)22-14-25(40-3)26(41-4)15-23(22)34)30(38)27(44-32)13-19-12-21(35)10-11-24(19)43-16-18-6-8-20(33)9-7-18/h6-15,29H,5,16H2,1-4H3/b27-13-/t29-/m0/s1. The van der Waals surface area contributed by atoms with Gasteiger partial charge in [-0.15, -0.1) is 0 Å². The van der Waals surface area contributed by atoms with E-state index >= 15 is 0 Å². The zero-order chi connectivity index (χ0) is 31.5. The van der Waals surface area contributed by atoms with Crippen LogP contribution in [0, 0.1) is 0 Å². The van der Waals surface area contributed by atoms with Crippen LogP contribution in [0.25, 0.3) is 6.08 Å². The van der Waals surface area contributed by atoms with Crippen molar-refractivity contribution in [2.75, 3.05) is 20.8 Å². The Morgan fingerprint density at radius 2 is 1.75 bits per heavy atom. The Kier molecular flexibility index (Phi) is 9.99. The molecule has 0 saturated heterocycles. The number of rotatable bonds is 9. The van der Waals surface area contributed by atoms with E-state index in [0.29, 0.717) is 59.5 Å². The molecule has 0 aliphatic carbocycles. The van der Waals surface area contributed by atoms with Crippen molar-refractivity contribution in [2.45, 2.75) is 26.5 Å². The van der Waals surface area contributed by atoms with Gasteiger partial charge in [0.1, 0.15) is 12.4 Å². The van der Waals surface area contributed by atoms with Crippen LogP contribution < -0.4 is 29.1 Å². The number of allylic oxidation sites excluding steroid dienone is 1. The molecule has 44 heavy (non-hydrogen) atoms. The number of aromatic nitrogens is 1. The van der Waals surface area contributed by atoms with Crippen LogP contribution in [0.1, 0.15) is 36.6 Å². The van der Waals surface area contributed by atoms with Crippen LogP contribution in [0.5, 0.6) is 17.2 Å². The predicted molar refractivity (Wildman–Crippen MR) is 178 cm³/mol. The van der Waals surface area contributed by atoms with E-state index in [1.165, 1.54) is 30.1 Å². The Labute approximate surface area is 279 Å². The Hall–Kier alpha value is -3.38.